The third-order valence-electron chi connectivity index (χ3n) is 5.45. The number of nitrogens with zero attached hydrogens (tertiary/aromatic N) is 1. The lowest BCUT2D eigenvalue weighted by Crippen LogP contribution is -2.39. The second-order valence-electron chi connectivity index (χ2n) is 8.23. The molecule has 0 aliphatic rings. The number of hydrogen-bond acceptors (Lipinski definition) is 4. The molecule has 0 aliphatic carbocycles. The molecule has 0 radical (unpaired) electrons. The molecule has 0 aromatic heterocycles. The van der Waals surface area contributed by atoms with Crippen LogP contribution in [0.5, 0.6) is 0 Å². The van der Waals surface area contributed by atoms with Gasteiger partial charge in [0.1, 0.15) is 5.02 Å². The fourth-order valence-corrected chi connectivity index (χ4v) is 3.92. The van der Waals surface area contributed by atoms with E-state index in [2.05, 4.69) is 17.6 Å². The monoisotopic (exact) mass is 483 g/mol. The van der Waals surface area contributed by atoms with Crippen LogP contribution in [0.3, 0.4) is 0 Å². The highest BCUT2D eigenvalue weighted by Crippen LogP contribution is 2.25. The molecule has 32 heavy (non-hydrogen) atoms. The van der Waals surface area contributed by atoms with Crippen LogP contribution in [-0.4, -0.2) is 22.5 Å². The lowest BCUT2D eigenvalue weighted by Gasteiger charge is -2.09. The topological polar surface area (TPSA) is 84.3 Å². The number of carbonyl (C=O) groups excluding carboxylic acids is 1. The molecule has 0 atom stereocenters. The van der Waals surface area contributed by atoms with Crippen molar-refractivity contribution in [2.75, 3.05) is 6.54 Å². The maximum Gasteiger partial charge on any atom is 0.288 e. The molecule has 0 fully saturated rings. The first-order valence-corrected chi connectivity index (χ1v) is 12.8. The molecule has 0 aliphatic heterocycles. The molecule has 1 amide bonds. The van der Waals surface area contributed by atoms with Gasteiger partial charge in [-0.05, 0) is 30.8 Å². The highest BCUT2D eigenvalue weighted by atomic mass is 35.5. The van der Waals surface area contributed by atoms with Crippen molar-refractivity contribution in [2.24, 2.45) is 0 Å². The van der Waals surface area contributed by atoms with Crippen LogP contribution in [0.25, 0.3) is 0 Å². The molecule has 8 heteroatoms. The summed E-state index contributed by atoms with van der Waals surface area (Å²) in [6.07, 6.45) is 18.3. The summed E-state index contributed by atoms with van der Waals surface area (Å²) in [5, 5.41) is 16.7. The van der Waals surface area contributed by atoms with E-state index in [0.29, 0.717) is 6.54 Å². The van der Waals surface area contributed by atoms with E-state index in [1.165, 1.54) is 89.2 Å². The standard InChI is InChI=1S/C24H38ClN3O3S/c1-2-3-4-5-6-7-8-9-10-11-12-13-14-15-18-26-24(32)27-23(29)20-16-17-21(25)22(19-20)28(30)31/h16-17,19H,2-15,18H2,1H3,(H2,26,27,29,32). The first kappa shape index (κ1) is 28.3. The number of halogens is 1. The maximum atomic E-state index is 12.2. The van der Waals surface area contributed by atoms with Crippen molar-refractivity contribution in [3.05, 3.63) is 38.9 Å². The molecule has 0 saturated carbocycles. The molecule has 0 saturated heterocycles. The van der Waals surface area contributed by atoms with Gasteiger partial charge in [0.25, 0.3) is 11.6 Å². The Balaban J connectivity index is 2.01. The smallest absolute Gasteiger partial charge is 0.288 e. The van der Waals surface area contributed by atoms with Crippen molar-refractivity contribution in [3.63, 3.8) is 0 Å². The van der Waals surface area contributed by atoms with E-state index in [-0.39, 0.29) is 21.4 Å². The van der Waals surface area contributed by atoms with E-state index in [1.54, 1.807) is 0 Å². The summed E-state index contributed by atoms with van der Waals surface area (Å²) in [6.45, 7) is 2.95. The summed E-state index contributed by atoms with van der Waals surface area (Å²) in [5.41, 5.74) is -0.164. The summed E-state index contributed by atoms with van der Waals surface area (Å²) in [6, 6.07) is 3.91. The van der Waals surface area contributed by atoms with Gasteiger partial charge in [-0.15, -0.1) is 0 Å². The van der Waals surface area contributed by atoms with Gasteiger partial charge in [-0.1, -0.05) is 102 Å². The molecule has 1 rings (SSSR count). The minimum absolute atomic E-state index is 0.00921. The summed E-state index contributed by atoms with van der Waals surface area (Å²) in [5.74, 6) is -0.497. The van der Waals surface area contributed by atoms with Gasteiger partial charge < -0.3 is 5.32 Å². The van der Waals surface area contributed by atoms with Crippen LogP contribution in [0, 0.1) is 10.1 Å². The maximum absolute atomic E-state index is 12.2. The Morgan fingerprint density at radius 2 is 1.44 bits per heavy atom. The third-order valence-corrected chi connectivity index (χ3v) is 6.01. The number of nitro benzene ring substituents is 1. The van der Waals surface area contributed by atoms with E-state index in [4.69, 9.17) is 23.8 Å². The average Bonchev–Trinajstić information content (AvgIpc) is 2.76. The fourth-order valence-electron chi connectivity index (χ4n) is 3.53. The number of hydrogen-bond donors (Lipinski definition) is 2. The van der Waals surface area contributed by atoms with Crippen molar-refractivity contribution >= 4 is 40.5 Å². The fraction of sp³-hybridized carbons (Fsp3) is 0.667. The molecule has 180 valence electrons. The summed E-state index contributed by atoms with van der Waals surface area (Å²) >= 11 is 10.9. The van der Waals surface area contributed by atoms with Crippen molar-refractivity contribution < 1.29 is 9.72 Å². The molecule has 6 nitrogen and oxygen atoms in total. The largest absolute Gasteiger partial charge is 0.362 e. The molecule has 0 spiro atoms. The van der Waals surface area contributed by atoms with Crippen molar-refractivity contribution in [3.8, 4) is 0 Å². The molecular formula is C24H38ClN3O3S. The third kappa shape index (κ3) is 13.0. The van der Waals surface area contributed by atoms with Gasteiger partial charge in [-0.25, -0.2) is 0 Å². The number of rotatable bonds is 17. The van der Waals surface area contributed by atoms with Gasteiger partial charge in [-0.3, -0.25) is 20.2 Å². The number of unbranched alkanes of at least 4 members (excludes halogenated alkanes) is 13. The quantitative estimate of drug-likeness (QED) is 0.105. The Morgan fingerprint density at radius 3 is 1.94 bits per heavy atom. The minimum Gasteiger partial charge on any atom is -0.362 e. The van der Waals surface area contributed by atoms with Crippen LogP contribution in [0.2, 0.25) is 5.02 Å². The van der Waals surface area contributed by atoms with Crippen molar-refractivity contribution in [1.29, 1.82) is 0 Å². The molecule has 1 aromatic carbocycles. The molecule has 0 bridgehead atoms. The van der Waals surface area contributed by atoms with E-state index in [1.807, 2.05) is 0 Å². The predicted molar refractivity (Wildman–Crippen MR) is 136 cm³/mol. The summed E-state index contributed by atoms with van der Waals surface area (Å²) in [7, 11) is 0. The van der Waals surface area contributed by atoms with Crippen molar-refractivity contribution in [1.82, 2.24) is 10.6 Å². The Morgan fingerprint density at radius 1 is 0.938 bits per heavy atom. The van der Waals surface area contributed by atoms with Crippen molar-refractivity contribution in [2.45, 2.75) is 96.8 Å². The Kier molecular flexibility index (Phi) is 15.7. The molecule has 0 unspecified atom stereocenters. The molecular weight excluding hydrogens is 446 g/mol. The Labute approximate surface area is 203 Å². The highest BCUT2D eigenvalue weighted by Gasteiger charge is 2.16. The Bertz CT molecular complexity index is 716. The number of benzene rings is 1. The van der Waals surface area contributed by atoms with Crippen LogP contribution in [0.1, 0.15) is 107 Å². The first-order chi connectivity index (χ1) is 15.5. The molecule has 1 aromatic rings. The zero-order valence-electron chi connectivity index (χ0n) is 19.3. The zero-order valence-corrected chi connectivity index (χ0v) is 20.9. The number of carbonyl (C=O) groups is 1. The van der Waals surface area contributed by atoms with Gasteiger partial charge in [0.05, 0.1) is 4.92 Å². The Hall–Kier alpha value is -1.73. The SMILES string of the molecule is CCCCCCCCCCCCCCCCNC(=S)NC(=O)c1ccc(Cl)c([N+](=O)[O-])c1. The van der Waals surface area contributed by atoms with E-state index < -0.39 is 10.8 Å². The second-order valence-corrected chi connectivity index (χ2v) is 9.04. The lowest BCUT2D eigenvalue weighted by molar-refractivity contribution is -0.384. The van der Waals surface area contributed by atoms with Crippen LogP contribution in [-0.2, 0) is 0 Å². The van der Waals surface area contributed by atoms with Gasteiger partial charge in [0, 0.05) is 18.2 Å². The summed E-state index contributed by atoms with van der Waals surface area (Å²) in [4.78, 5) is 22.5. The first-order valence-electron chi connectivity index (χ1n) is 12.0. The van der Waals surface area contributed by atoms with Crippen LogP contribution in [0.4, 0.5) is 5.69 Å². The zero-order chi connectivity index (χ0) is 23.6. The van der Waals surface area contributed by atoms with Crippen LogP contribution in [0.15, 0.2) is 18.2 Å². The minimum atomic E-state index is -0.620. The number of nitrogens with one attached hydrogen (secondary N) is 2. The van der Waals surface area contributed by atoms with E-state index in [9.17, 15) is 14.9 Å². The normalized spacial score (nSPS) is 10.7. The van der Waals surface area contributed by atoms with Crippen LogP contribution < -0.4 is 10.6 Å². The van der Waals surface area contributed by atoms with Gasteiger partial charge in [-0.2, -0.15) is 0 Å². The number of nitro groups is 1. The number of amides is 1. The van der Waals surface area contributed by atoms with Gasteiger partial charge >= 0.3 is 0 Å². The van der Waals surface area contributed by atoms with Crippen LogP contribution >= 0.6 is 23.8 Å². The second kappa shape index (κ2) is 17.8. The molecule has 0 heterocycles. The highest BCUT2D eigenvalue weighted by molar-refractivity contribution is 7.80. The number of thiocarbonyl (C=S) groups is 1. The summed E-state index contributed by atoms with van der Waals surface area (Å²) < 4.78 is 0. The molecule has 2 N–H and O–H groups in total. The van der Waals surface area contributed by atoms with E-state index in [0.717, 1.165) is 18.9 Å². The van der Waals surface area contributed by atoms with E-state index >= 15 is 0 Å². The van der Waals surface area contributed by atoms with Gasteiger partial charge in [0.2, 0.25) is 0 Å². The average molecular weight is 484 g/mol. The lowest BCUT2D eigenvalue weighted by atomic mass is 10.0. The predicted octanol–water partition coefficient (Wildman–Crippen LogP) is 7.33. The van der Waals surface area contributed by atoms with Gasteiger partial charge in [0.15, 0.2) is 5.11 Å².